The van der Waals surface area contributed by atoms with Gasteiger partial charge in [0.15, 0.2) is 0 Å². The average molecular weight is 271 g/mol. The van der Waals surface area contributed by atoms with E-state index in [1.54, 1.807) is 0 Å². The van der Waals surface area contributed by atoms with Crippen LogP contribution in [0.3, 0.4) is 0 Å². The highest BCUT2D eigenvalue weighted by Crippen LogP contribution is 2.24. The molecule has 2 aliphatic rings. The number of hydrogen-bond donors (Lipinski definition) is 0. The number of aryl methyl sites for hydroxylation is 1. The number of fused-ring (bicyclic) bond motifs is 1. The summed E-state index contributed by atoms with van der Waals surface area (Å²) in [6.45, 7) is 3.14. The SMILES string of the molecule is O=C1CCCCCC1CN1CCCc2ccccc2C1. The predicted octanol–water partition coefficient (Wildman–Crippen LogP) is 3.58. The second kappa shape index (κ2) is 6.53. The Kier molecular flexibility index (Phi) is 4.51. The average Bonchev–Trinajstić information content (AvgIpc) is 2.78. The number of ketones is 1. The van der Waals surface area contributed by atoms with Crippen LogP contribution in [0.25, 0.3) is 0 Å². The lowest BCUT2D eigenvalue weighted by Crippen LogP contribution is -2.32. The van der Waals surface area contributed by atoms with Gasteiger partial charge in [-0.15, -0.1) is 0 Å². The van der Waals surface area contributed by atoms with Crippen LogP contribution in [0.4, 0.5) is 0 Å². The summed E-state index contributed by atoms with van der Waals surface area (Å²) in [7, 11) is 0. The number of nitrogens with zero attached hydrogens (tertiary/aromatic N) is 1. The van der Waals surface area contributed by atoms with Gasteiger partial charge in [0.25, 0.3) is 0 Å². The molecule has 1 heterocycles. The fraction of sp³-hybridized carbons (Fsp3) is 0.611. The van der Waals surface area contributed by atoms with Crippen LogP contribution in [0.1, 0.15) is 49.7 Å². The molecule has 0 amide bonds. The van der Waals surface area contributed by atoms with E-state index in [0.29, 0.717) is 11.7 Å². The number of hydrogen-bond acceptors (Lipinski definition) is 2. The molecule has 1 aromatic carbocycles. The molecule has 1 fully saturated rings. The molecule has 1 aromatic rings. The monoisotopic (exact) mass is 271 g/mol. The zero-order chi connectivity index (χ0) is 13.8. The van der Waals surface area contributed by atoms with E-state index in [0.717, 1.165) is 38.9 Å². The van der Waals surface area contributed by atoms with Crippen LogP contribution in [0.5, 0.6) is 0 Å². The van der Waals surface area contributed by atoms with Crippen molar-refractivity contribution >= 4 is 5.78 Å². The van der Waals surface area contributed by atoms with E-state index in [1.807, 2.05) is 0 Å². The van der Waals surface area contributed by atoms with Gasteiger partial charge in [-0.05, 0) is 43.4 Å². The van der Waals surface area contributed by atoms with Crippen molar-refractivity contribution in [3.05, 3.63) is 35.4 Å². The Bertz CT molecular complexity index is 468. The van der Waals surface area contributed by atoms with E-state index in [-0.39, 0.29) is 0 Å². The summed E-state index contributed by atoms with van der Waals surface area (Å²) in [5, 5.41) is 0. The summed E-state index contributed by atoms with van der Waals surface area (Å²) in [6, 6.07) is 8.79. The molecule has 1 atom stereocenters. The Labute approximate surface area is 122 Å². The van der Waals surface area contributed by atoms with Gasteiger partial charge in [0.1, 0.15) is 5.78 Å². The van der Waals surface area contributed by atoms with Crippen LogP contribution < -0.4 is 0 Å². The predicted molar refractivity (Wildman–Crippen MR) is 81.6 cm³/mol. The highest BCUT2D eigenvalue weighted by molar-refractivity contribution is 5.81. The second-order valence-corrected chi connectivity index (χ2v) is 6.37. The Morgan fingerprint density at radius 3 is 2.75 bits per heavy atom. The second-order valence-electron chi connectivity index (χ2n) is 6.37. The first-order valence-corrected chi connectivity index (χ1v) is 8.15. The third-order valence-corrected chi connectivity index (χ3v) is 4.84. The molecule has 3 rings (SSSR count). The Hall–Kier alpha value is -1.15. The first-order valence-electron chi connectivity index (χ1n) is 8.15. The van der Waals surface area contributed by atoms with Crippen LogP contribution in [0, 0.1) is 5.92 Å². The largest absolute Gasteiger partial charge is 0.299 e. The van der Waals surface area contributed by atoms with Gasteiger partial charge in [-0.1, -0.05) is 37.1 Å². The van der Waals surface area contributed by atoms with Crippen LogP contribution in [0.15, 0.2) is 24.3 Å². The summed E-state index contributed by atoms with van der Waals surface area (Å²) in [4.78, 5) is 14.7. The molecular weight excluding hydrogens is 246 g/mol. The summed E-state index contributed by atoms with van der Waals surface area (Å²) >= 11 is 0. The zero-order valence-corrected chi connectivity index (χ0v) is 12.3. The molecule has 108 valence electrons. The molecule has 1 saturated carbocycles. The van der Waals surface area contributed by atoms with Crippen molar-refractivity contribution in [2.75, 3.05) is 13.1 Å². The minimum Gasteiger partial charge on any atom is -0.299 e. The minimum absolute atomic E-state index is 0.294. The van der Waals surface area contributed by atoms with Crippen molar-refractivity contribution in [1.82, 2.24) is 4.90 Å². The van der Waals surface area contributed by atoms with E-state index in [9.17, 15) is 4.79 Å². The molecule has 0 bridgehead atoms. The molecular formula is C18H25NO. The molecule has 1 aliphatic carbocycles. The standard InChI is InChI=1S/C18H25NO/c20-18-11-3-1-2-9-17(18)14-19-12-6-10-15-7-4-5-8-16(15)13-19/h4-5,7-8,17H,1-3,6,9-14H2. The third-order valence-electron chi connectivity index (χ3n) is 4.84. The third kappa shape index (κ3) is 3.29. The molecule has 0 spiro atoms. The lowest BCUT2D eigenvalue weighted by atomic mass is 9.98. The van der Waals surface area contributed by atoms with Crippen LogP contribution in [-0.4, -0.2) is 23.8 Å². The molecule has 2 heteroatoms. The Morgan fingerprint density at radius 1 is 1.00 bits per heavy atom. The van der Waals surface area contributed by atoms with Crippen molar-refractivity contribution in [3.63, 3.8) is 0 Å². The zero-order valence-electron chi connectivity index (χ0n) is 12.3. The molecule has 1 aliphatic heterocycles. The molecule has 2 nitrogen and oxygen atoms in total. The summed E-state index contributed by atoms with van der Waals surface area (Å²) in [6.07, 6.45) is 7.92. The minimum atomic E-state index is 0.294. The number of carbonyl (C=O) groups excluding carboxylic acids is 1. The Balaban J connectivity index is 1.67. The van der Waals surface area contributed by atoms with Gasteiger partial charge in [-0.2, -0.15) is 0 Å². The summed E-state index contributed by atoms with van der Waals surface area (Å²) < 4.78 is 0. The number of rotatable bonds is 2. The normalized spacial score (nSPS) is 24.8. The molecule has 1 unspecified atom stereocenters. The summed E-state index contributed by atoms with van der Waals surface area (Å²) in [5.74, 6) is 0.808. The highest BCUT2D eigenvalue weighted by atomic mass is 16.1. The maximum absolute atomic E-state index is 12.2. The van der Waals surface area contributed by atoms with Crippen molar-refractivity contribution in [2.24, 2.45) is 5.92 Å². The smallest absolute Gasteiger partial charge is 0.137 e. The van der Waals surface area contributed by atoms with Crippen LogP contribution in [0.2, 0.25) is 0 Å². The van der Waals surface area contributed by atoms with E-state index >= 15 is 0 Å². The molecule has 0 saturated heterocycles. The van der Waals surface area contributed by atoms with Crippen molar-refractivity contribution < 1.29 is 4.79 Å². The van der Waals surface area contributed by atoms with Gasteiger partial charge in [-0.3, -0.25) is 9.69 Å². The van der Waals surface area contributed by atoms with Gasteiger partial charge in [-0.25, -0.2) is 0 Å². The van der Waals surface area contributed by atoms with Gasteiger partial charge in [0, 0.05) is 25.4 Å². The molecule has 20 heavy (non-hydrogen) atoms. The topological polar surface area (TPSA) is 20.3 Å². The maximum atomic E-state index is 12.2. The Morgan fingerprint density at radius 2 is 1.85 bits per heavy atom. The van der Waals surface area contributed by atoms with E-state index in [2.05, 4.69) is 29.2 Å². The lowest BCUT2D eigenvalue weighted by Gasteiger charge is -2.25. The van der Waals surface area contributed by atoms with E-state index in [4.69, 9.17) is 0 Å². The highest BCUT2D eigenvalue weighted by Gasteiger charge is 2.24. The number of benzene rings is 1. The molecule has 0 radical (unpaired) electrons. The van der Waals surface area contributed by atoms with Gasteiger partial charge < -0.3 is 0 Å². The van der Waals surface area contributed by atoms with E-state index in [1.165, 1.54) is 36.8 Å². The number of carbonyl (C=O) groups is 1. The lowest BCUT2D eigenvalue weighted by molar-refractivity contribution is -0.123. The van der Waals surface area contributed by atoms with E-state index < -0.39 is 0 Å². The van der Waals surface area contributed by atoms with Crippen molar-refractivity contribution in [3.8, 4) is 0 Å². The van der Waals surface area contributed by atoms with Gasteiger partial charge >= 0.3 is 0 Å². The van der Waals surface area contributed by atoms with Crippen LogP contribution in [-0.2, 0) is 17.8 Å². The molecule has 0 aromatic heterocycles. The first-order chi connectivity index (χ1) is 9.83. The van der Waals surface area contributed by atoms with Crippen LogP contribution >= 0.6 is 0 Å². The summed E-state index contributed by atoms with van der Waals surface area (Å²) in [5.41, 5.74) is 2.97. The quantitative estimate of drug-likeness (QED) is 0.766. The first kappa shape index (κ1) is 13.8. The van der Waals surface area contributed by atoms with Crippen molar-refractivity contribution in [2.45, 2.75) is 51.5 Å². The number of Topliss-reactive ketones (excluding diaryl/α,β-unsaturated/α-hetero) is 1. The van der Waals surface area contributed by atoms with Gasteiger partial charge in [0.2, 0.25) is 0 Å². The fourth-order valence-corrected chi connectivity index (χ4v) is 3.66. The fourth-order valence-electron chi connectivity index (χ4n) is 3.66. The van der Waals surface area contributed by atoms with Crippen molar-refractivity contribution in [1.29, 1.82) is 0 Å². The van der Waals surface area contributed by atoms with Gasteiger partial charge in [0.05, 0.1) is 0 Å². The molecule has 0 N–H and O–H groups in total. The maximum Gasteiger partial charge on any atom is 0.137 e.